The van der Waals surface area contributed by atoms with Gasteiger partial charge in [-0.2, -0.15) is 4.98 Å². The minimum atomic E-state index is -0.460. The van der Waals surface area contributed by atoms with Crippen LogP contribution in [-0.4, -0.2) is 41.2 Å². The average Bonchev–Trinajstić information content (AvgIpc) is 2.73. The largest absolute Gasteiger partial charge is 0.496 e. The molecule has 8 nitrogen and oxygen atoms in total. The highest BCUT2D eigenvalue weighted by Gasteiger charge is 2.14. The summed E-state index contributed by atoms with van der Waals surface area (Å²) in [6.07, 6.45) is 3.46. The highest BCUT2D eigenvalue weighted by atomic mass is 16.5. The molecule has 0 atom stereocenters. The van der Waals surface area contributed by atoms with E-state index in [4.69, 9.17) is 9.47 Å². The van der Waals surface area contributed by atoms with E-state index in [1.807, 2.05) is 32.0 Å². The molecule has 0 saturated heterocycles. The molecule has 0 unspecified atom stereocenters. The number of hydrogen-bond acceptors (Lipinski definition) is 8. The van der Waals surface area contributed by atoms with Crippen molar-refractivity contribution in [2.24, 2.45) is 0 Å². The Morgan fingerprint density at radius 2 is 1.93 bits per heavy atom. The van der Waals surface area contributed by atoms with Crippen molar-refractivity contribution in [2.45, 2.75) is 19.9 Å². The molecule has 0 radical (unpaired) electrons. The third-order valence-electron chi connectivity index (χ3n) is 3.98. The van der Waals surface area contributed by atoms with Gasteiger partial charge in [0.25, 0.3) is 0 Å². The van der Waals surface area contributed by atoms with Gasteiger partial charge in [-0.05, 0) is 38.1 Å². The average molecular weight is 393 g/mol. The van der Waals surface area contributed by atoms with Crippen LogP contribution in [-0.2, 0) is 4.74 Å². The molecular weight excluding hydrogens is 370 g/mol. The fourth-order valence-electron chi connectivity index (χ4n) is 2.69. The SMILES string of the molecule is COC(=O)c1ccc(Nc2cc(-c3cccnc3)nc(NC(C)C)n2)cc1OC. The summed E-state index contributed by atoms with van der Waals surface area (Å²) >= 11 is 0. The molecule has 3 rings (SSSR count). The summed E-state index contributed by atoms with van der Waals surface area (Å²) < 4.78 is 10.1. The Kier molecular flexibility index (Phi) is 6.23. The molecule has 2 N–H and O–H groups in total. The summed E-state index contributed by atoms with van der Waals surface area (Å²) in [5, 5.41) is 6.47. The fraction of sp³-hybridized carbons (Fsp3) is 0.238. The third-order valence-corrected chi connectivity index (χ3v) is 3.98. The van der Waals surface area contributed by atoms with Crippen LogP contribution in [0.1, 0.15) is 24.2 Å². The number of carbonyl (C=O) groups excluding carboxylic acids is 1. The summed E-state index contributed by atoms with van der Waals surface area (Å²) in [6.45, 7) is 4.03. The van der Waals surface area contributed by atoms with Gasteiger partial charge in [0, 0.05) is 41.8 Å². The number of nitrogens with zero attached hydrogens (tertiary/aromatic N) is 3. The van der Waals surface area contributed by atoms with Crippen LogP contribution in [0.2, 0.25) is 0 Å². The van der Waals surface area contributed by atoms with Gasteiger partial charge in [-0.1, -0.05) is 0 Å². The lowest BCUT2D eigenvalue weighted by Crippen LogP contribution is -2.13. The zero-order valence-corrected chi connectivity index (χ0v) is 16.8. The maximum absolute atomic E-state index is 11.9. The number of benzene rings is 1. The molecule has 150 valence electrons. The van der Waals surface area contributed by atoms with E-state index in [2.05, 4.69) is 25.6 Å². The zero-order valence-electron chi connectivity index (χ0n) is 16.8. The molecule has 2 heterocycles. The van der Waals surface area contributed by atoms with Crippen molar-refractivity contribution in [1.82, 2.24) is 15.0 Å². The van der Waals surface area contributed by atoms with E-state index in [9.17, 15) is 4.79 Å². The van der Waals surface area contributed by atoms with Crippen LogP contribution in [0.15, 0.2) is 48.8 Å². The van der Waals surface area contributed by atoms with Crippen LogP contribution in [0.5, 0.6) is 5.75 Å². The molecule has 1 aromatic carbocycles. The lowest BCUT2D eigenvalue weighted by molar-refractivity contribution is 0.0597. The Morgan fingerprint density at radius 1 is 1.10 bits per heavy atom. The van der Waals surface area contributed by atoms with E-state index in [-0.39, 0.29) is 6.04 Å². The molecule has 29 heavy (non-hydrogen) atoms. The number of rotatable bonds is 7. The number of hydrogen-bond donors (Lipinski definition) is 2. The predicted molar refractivity (Wildman–Crippen MR) is 112 cm³/mol. The Labute approximate surface area is 169 Å². The molecule has 0 bridgehead atoms. The van der Waals surface area contributed by atoms with Crippen molar-refractivity contribution in [3.8, 4) is 17.0 Å². The lowest BCUT2D eigenvalue weighted by Gasteiger charge is -2.14. The van der Waals surface area contributed by atoms with Crippen LogP contribution >= 0.6 is 0 Å². The maximum atomic E-state index is 11.9. The van der Waals surface area contributed by atoms with Gasteiger partial charge in [0.2, 0.25) is 5.95 Å². The van der Waals surface area contributed by atoms with Gasteiger partial charge in [-0.25, -0.2) is 9.78 Å². The first-order chi connectivity index (χ1) is 14.0. The van der Waals surface area contributed by atoms with Gasteiger partial charge in [0.1, 0.15) is 17.1 Å². The fourth-order valence-corrected chi connectivity index (χ4v) is 2.69. The van der Waals surface area contributed by atoms with Gasteiger partial charge in [-0.15, -0.1) is 0 Å². The van der Waals surface area contributed by atoms with Crippen LogP contribution in [0.4, 0.5) is 17.5 Å². The third kappa shape index (κ3) is 4.98. The van der Waals surface area contributed by atoms with E-state index < -0.39 is 5.97 Å². The molecule has 0 aliphatic carbocycles. The Balaban J connectivity index is 1.96. The molecule has 0 aliphatic heterocycles. The van der Waals surface area contributed by atoms with Crippen LogP contribution < -0.4 is 15.4 Å². The van der Waals surface area contributed by atoms with Gasteiger partial charge in [-0.3, -0.25) is 4.98 Å². The number of methoxy groups -OCH3 is 2. The minimum absolute atomic E-state index is 0.173. The first-order valence-electron chi connectivity index (χ1n) is 9.09. The lowest BCUT2D eigenvalue weighted by atomic mass is 10.1. The Morgan fingerprint density at radius 3 is 2.59 bits per heavy atom. The molecule has 0 saturated carbocycles. The molecule has 0 spiro atoms. The molecule has 3 aromatic rings. The normalized spacial score (nSPS) is 10.5. The molecule has 0 fully saturated rings. The number of aromatic nitrogens is 3. The van der Waals surface area contributed by atoms with Crippen molar-refractivity contribution in [3.63, 3.8) is 0 Å². The van der Waals surface area contributed by atoms with Crippen molar-refractivity contribution in [2.75, 3.05) is 24.9 Å². The van der Waals surface area contributed by atoms with Gasteiger partial charge < -0.3 is 20.1 Å². The van der Waals surface area contributed by atoms with Gasteiger partial charge >= 0.3 is 5.97 Å². The van der Waals surface area contributed by atoms with Crippen molar-refractivity contribution in [1.29, 1.82) is 0 Å². The molecule has 0 amide bonds. The molecule has 0 aliphatic rings. The second-order valence-electron chi connectivity index (χ2n) is 6.53. The van der Waals surface area contributed by atoms with E-state index in [0.717, 1.165) is 11.3 Å². The zero-order chi connectivity index (χ0) is 20.8. The number of ether oxygens (including phenoxy) is 2. The number of anilines is 3. The summed E-state index contributed by atoms with van der Waals surface area (Å²) in [4.78, 5) is 25.1. The Bertz CT molecular complexity index is 993. The Hall–Kier alpha value is -3.68. The highest BCUT2D eigenvalue weighted by Crippen LogP contribution is 2.27. The summed E-state index contributed by atoms with van der Waals surface area (Å²) in [5.41, 5.74) is 2.67. The van der Waals surface area contributed by atoms with Crippen LogP contribution in [0, 0.1) is 0 Å². The van der Waals surface area contributed by atoms with E-state index >= 15 is 0 Å². The van der Waals surface area contributed by atoms with Crippen LogP contribution in [0.25, 0.3) is 11.3 Å². The first kappa shape index (κ1) is 20.1. The number of nitrogens with one attached hydrogen (secondary N) is 2. The van der Waals surface area contributed by atoms with Crippen molar-refractivity contribution < 1.29 is 14.3 Å². The quantitative estimate of drug-likeness (QED) is 0.583. The minimum Gasteiger partial charge on any atom is -0.496 e. The second-order valence-corrected chi connectivity index (χ2v) is 6.53. The summed E-state index contributed by atoms with van der Waals surface area (Å²) in [7, 11) is 2.83. The summed E-state index contributed by atoms with van der Waals surface area (Å²) in [5.74, 6) is 1.04. The van der Waals surface area contributed by atoms with E-state index in [1.54, 1.807) is 30.6 Å². The maximum Gasteiger partial charge on any atom is 0.341 e. The van der Waals surface area contributed by atoms with Crippen molar-refractivity contribution in [3.05, 3.63) is 54.4 Å². The molecule has 8 heteroatoms. The van der Waals surface area contributed by atoms with Gasteiger partial charge in [0.15, 0.2) is 0 Å². The summed E-state index contributed by atoms with van der Waals surface area (Å²) in [6, 6.07) is 10.9. The molecule has 2 aromatic heterocycles. The van der Waals surface area contributed by atoms with Crippen LogP contribution in [0.3, 0.4) is 0 Å². The highest BCUT2D eigenvalue weighted by molar-refractivity contribution is 5.93. The number of esters is 1. The molecular formula is C21H23N5O3. The monoisotopic (exact) mass is 393 g/mol. The van der Waals surface area contributed by atoms with E-state index in [1.165, 1.54) is 14.2 Å². The van der Waals surface area contributed by atoms with E-state index in [0.29, 0.717) is 28.8 Å². The number of carbonyl (C=O) groups is 1. The topological polar surface area (TPSA) is 98.3 Å². The predicted octanol–water partition coefficient (Wildman–Crippen LogP) is 3.90. The van der Waals surface area contributed by atoms with Crippen molar-refractivity contribution >= 4 is 23.4 Å². The van der Waals surface area contributed by atoms with Gasteiger partial charge in [0.05, 0.1) is 19.9 Å². The number of pyridine rings is 1. The smallest absolute Gasteiger partial charge is 0.341 e. The second kappa shape index (κ2) is 9.01. The standard InChI is InChI=1S/C21H23N5O3/c1-13(2)23-21-25-17(14-6-5-9-22-12-14)11-19(26-21)24-15-7-8-16(20(27)29-4)18(10-15)28-3/h5-13H,1-4H3,(H2,23,24,25,26). The first-order valence-corrected chi connectivity index (χ1v) is 9.09.